The summed E-state index contributed by atoms with van der Waals surface area (Å²) in [5.41, 5.74) is 1.82. The Morgan fingerprint density at radius 1 is 1.33 bits per heavy atom. The van der Waals surface area contributed by atoms with Crippen LogP contribution in [0.5, 0.6) is 0 Å². The molecule has 1 N–H and O–H groups in total. The number of carbonyl (C=O) groups is 1. The summed E-state index contributed by atoms with van der Waals surface area (Å²) in [7, 11) is 0. The Labute approximate surface area is 146 Å². The Morgan fingerprint density at radius 2 is 2.12 bits per heavy atom. The predicted octanol–water partition coefficient (Wildman–Crippen LogP) is 3.34. The second-order valence-electron chi connectivity index (χ2n) is 4.78. The number of thioether (sulfide) groups is 1. The molecule has 0 aliphatic carbocycles. The molecule has 0 aliphatic rings. The minimum atomic E-state index is -0.283. The van der Waals surface area contributed by atoms with E-state index in [2.05, 4.69) is 21.2 Å². The number of carbonyl (C=O) groups excluding carboxylic acids is 1. The van der Waals surface area contributed by atoms with Gasteiger partial charge in [0.2, 0.25) is 5.91 Å². The van der Waals surface area contributed by atoms with Crippen molar-refractivity contribution < 1.29 is 9.18 Å². The zero-order valence-corrected chi connectivity index (χ0v) is 14.1. The fourth-order valence-corrected chi connectivity index (χ4v) is 3.96. The standard InChI is InChI=1S/C17H12FN3OS2/c1-2-7-19-14(22)9-24-17-15-13(8-23-16(15)20-10-21-17)11-3-5-12(18)6-4-11/h1,3-6,8,10H,7,9H2,(H,19,22). The van der Waals surface area contributed by atoms with Crippen LogP contribution in [0.25, 0.3) is 21.3 Å². The summed E-state index contributed by atoms with van der Waals surface area (Å²) in [6.07, 6.45) is 6.60. The third-order valence-corrected chi connectivity index (χ3v) is 5.09. The molecule has 2 aromatic heterocycles. The van der Waals surface area contributed by atoms with E-state index < -0.39 is 0 Å². The highest BCUT2D eigenvalue weighted by Crippen LogP contribution is 2.37. The maximum Gasteiger partial charge on any atom is 0.231 e. The maximum absolute atomic E-state index is 13.1. The Balaban J connectivity index is 1.91. The Hall–Kier alpha value is -2.43. The fraction of sp³-hybridized carbons (Fsp3) is 0.118. The molecular weight excluding hydrogens is 345 g/mol. The minimum Gasteiger partial charge on any atom is -0.344 e. The zero-order chi connectivity index (χ0) is 16.9. The molecule has 1 aromatic carbocycles. The van der Waals surface area contributed by atoms with Crippen molar-refractivity contribution in [1.29, 1.82) is 0 Å². The van der Waals surface area contributed by atoms with Crippen molar-refractivity contribution >= 4 is 39.2 Å². The number of benzene rings is 1. The van der Waals surface area contributed by atoms with Gasteiger partial charge in [0.25, 0.3) is 0 Å². The van der Waals surface area contributed by atoms with Crippen molar-refractivity contribution in [2.24, 2.45) is 0 Å². The monoisotopic (exact) mass is 357 g/mol. The lowest BCUT2D eigenvalue weighted by atomic mass is 10.1. The SMILES string of the molecule is C#CCNC(=O)CSc1ncnc2scc(-c3ccc(F)cc3)c12. The molecule has 4 nitrogen and oxygen atoms in total. The van der Waals surface area contributed by atoms with Crippen molar-refractivity contribution in [3.63, 3.8) is 0 Å². The topological polar surface area (TPSA) is 54.9 Å². The molecule has 2 heterocycles. The van der Waals surface area contributed by atoms with Crippen LogP contribution in [0, 0.1) is 18.2 Å². The van der Waals surface area contributed by atoms with Crippen LogP contribution in [0.15, 0.2) is 41.0 Å². The lowest BCUT2D eigenvalue weighted by molar-refractivity contribution is -0.118. The van der Waals surface area contributed by atoms with E-state index in [-0.39, 0.29) is 24.0 Å². The number of thiophene rings is 1. The molecule has 0 fully saturated rings. The second kappa shape index (κ2) is 7.43. The van der Waals surface area contributed by atoms with E-state index in [9.17, 15) is 9.18 Å². The number of amides is 1. The third-order valence-electron chi connectivity index (χ3n) is 3.22. The fourth-order valence-electron chi connectivity index (χ4n) is 2.13. The van der Waals surface area contributed by atoms with Crippen molar-refractivity contribution in [3.8, 4) is 23.5 Å². The molecule has 0 atom stereocenters. The number of nitrogens with one attached hydrogen (secondary N) is 1. The second-order valence-corrected chi connectivity index (χ2v) is 6.61. The molecule has 0 spiro atoms. The average molecular weight is 357 g/mol. The van der Waals surface area contributed by atoms with E-state index in [1.54, 1.807) is 12.1 Å². The van der Waals surface area contributed by atoms with Gasteiger partial charge in [-0.25, -0.2) is 14.4 Å². The largest absolute Gasteiger partial charge is 0.344 e. The molecule has 3 rings (SSSR count). The maximum atomic E-state index is 13.1. The molecule has 1 amide bonds. The highest BCUT2D eigenvalue weighted by molar-refractivity contribution is 8.00. The van der Waals surface area contributed by atoms with E-state index in [1.165, 1.54) is 41.6 Å². The predicted molar refractivity (Wildman–Crippen MR) is 95.4 cm³/mol. The van der Waals surface area contributed by atoms with Crippen LogP contribution in [0.2, 0.25) is 0 Å². The van der Waals surface area contributed by atoms with Gasteiger partial charge in [0, 0.05) is 10.9 Å². The Kier molecular flexibility index (Phi) is 5.08. The molecule has 120 valence electrons. The van der Waals surface area contributed by atoms with Gasteiger partial charge in [0.15, 0.2) is 0 Å². The van der Waals surface area contributed by atoms with Gasteiger partial charge in [-0.2, -0.15) is 0 Å². The average Bonchev–Trinajstić information content (AvgIpc) is 3.03. The van der Waals surface area contributed by atoms with E-state index in [0.717, 1.165) is 26.4 Å². The number of rotatable bonds is 5. The van der Waals surface area contributed by atoms with Gasteiger partial charge in [0.05, 0.1) is 17.7 Å². The van der Waals surface area contributed by atoms with Crippen molar-refractivity contribution in [2.75, 3.05) is 12.3 Å². The summed E-state index contributed by atoms with van der Waals surface area (Å²) in [6.45, 7) is 0.206. The summed E-state index contributed by atoms with van der Waals surface area (Å²) < 4.78 is 13.1. The van der Waals surface area contributed by atoms with Crippen LogP contribution in [0.1, 0.15) is 0 Å². The van der Waals surface area contributed by atoms with Crippen LogP contribution in [0.3, 0.4) is 0 Å². The van der Waals surface area contributed by atoms with Gasteiger partial charge in [-0.15, -0.1) is 17.8 Å². The number of hydrogen-bond donors (Lipinski definition) is 1. The van der Waals surface area contributed by atoms with Gasteiger partial charge in [-0.1, -0.05) is 29.8 Å². The first kappa shape index (κ1) is 16.4. The third kappa shape index (κ3) is 3.55. The van der Waals surface area contributed by atoms with E-state index >= 15 is 0 Å². The van der Waals surface area contributed by atoms with Crippen molar-refractivity contribution in [1.82, 2.24) is 15.3 Å². The first-order valence-corrected chi connectivity index (χ1v) is 8.86. The molecular formula is C17H12FN3OS2. The number of halogens is 1. The normalized spacial score (nSPS) is 10.5. The summed E-state index contributed by atoms with van der Waals surface area (Å²) in [4.78, 5) is 21.1. The van der Waals surface area contributed by atoms with Crippen LogP contribution >= 0.6 is 23.1 Å². The molecule has 3 aromatic rings. The molecule has 0 unspecified atom stereocenters. The number of aromatic nitrogens is 2. The first-order chi connectivity index (χ1) is 11.7. The molecule has 24 heavy (non-hydrogen) atoms. The zero-order valence-electron chi connectivity index (χ0n) is 12.5. The smallest absolute Gasteiger partial charge is 0.231 e. The summed E-state index contributed by atoms with van der Waals surface area (Å²) in [6, 6.07) is 6.28. The molecule has 0 aliphatic heterocycles. The van der Waals surface area contributed by atoms with Crippen LogP contribution < -0.4 is 5.32 Å². The lowest BCUT2D eigenvalue weighted by Gasteiger charge is -2.05. The van der Waals surface area contributed by atoms with Gasteiger partial charge >= 0.3 is 0 Å². The van der Waals surface area contributed by atoms with Crippen LogP contribution in [-0.4, -0.2) is 28.2 Å². The number of nitrogens with zero attached hydrogens (tertiary/aromatic N) is 2. The molecule has 0 bridgehead atoms. The summed E-state index contributed by atoms with van der Waals surface area (Å²) in [5.74, 6) is 2.14. The summed E-state index contributed by atoms with van der Waals surface area (Å²) in [5, 5.41) is 6.18. The lowest BCUT2D eigenvalue weighted by Crippen LogP contribution is -2.25. The van der Waals surface area contributed by atoms with Gasteiger partial charge in [0.1, 0.15) is 22.0 Å². The quantitative estimate of drug-likeness (QED) is 0.432. The number of hydrogen-bond acceptors (Lipinski definition) is 5. The first-order valence-electron chi connectivity index (χ1n) is 7.00. The van der Waals surface area contributed by atoms with Crippen molar-refractivity contribution in [2.45, 2.75) is 5.03 Å². The highest BCUT2D eigenvalue weighted by atomic mass is 32.2. The van der Waals surface area contributed by atoms with Crippen molar-refractivity contribution in [3.05, 3.63) is 41.8 Å². The van der Waals surface area contributed by atoms with Gasteiger partial charge in [-0.05, 0) is 17.7 Å². The molecule has 0 radical (unpaired) electrons. The van der Waals surface area contributed by atoms with Crippen LogP contribution in [-0.2, 0) is 4.79 Å². The van der Waals surface area contributed by atoms with E-state index in [0.29, 0.717) is 0 Å². The summed E-state index contributed by atoms with van der Waals surface area (Å²) >= 11 is 2.82. The van der Waals surface area contributed by atoms with Crippen LogP contribution in [0.4, 0.5) is 4.39 Å². The van der Waals surface area contributed by atoms with Gasteiger partial charge < -0.3 is 5.32 Å². The van der Waals surface area contributed by atoms with E-state index in [1.807, 2.05) is 5.38 Å². The Bertz CT molecular complexity index is 916. The highest BCUT2D eigenvalue weighted by Gasteiger charge is 2.14. The molecule has 0 saturated heterocycles. The molecule has 7 heteroatoms. The van der Waals surface area contributed by atoms with E-state index in [4.69, 9.17) is 6.42 Å². The minimum absolute atomic E-state index is 0.150. The number of terminal acetylenes is 1. The number of fused-ring (bicyclic) bond motifs is 1. The molecule has 0 saturated carbocycles. The Morgan fingerprint density at radius 3 is 2.88 bits per heavy atom. The van der Waals surface area contributed by atoms with Gasteiger partial charge in [-0.3, -0.25) is 4.79 Å².